The van der Waals surface area contributed by atoms with Crippen LogP contribution in [0.3, 0.4) is 0 Å². The summed E-state index contributed by atoms with van der Waals surface area (Å²) in [5.41, 5.74) is 5.27. The number of benzene rings is 3. The largest absolute Gasteiger partial charge is 0.489 e. The summed E-state index contributed by atoms with van der Waals surface area (Å²) in [6, 6.07) is 23.7. The van der Waals surface area contributed by atoms with Crippen molar-refractivity contribution in [3.05, 3.63) is 99.9 Å². The SMILES string of the molecule is CN(Cc1ccc(COc2ccc(CCC(=O)O)cc2)cc1)c1nc(-c2ccc(Cl)cc2)cs1. The molecule has 5 nitrogen and oxygen atoms in total. The highest BCUT2D eigenvalue weighted by molar-refractivity contribution is 7.14. The maximum Gasteiger partial charge on any atom is 0.303 e. The van der Waals surface area contributed by atoms with Gasteiger partial charge in [0.2, 0.25) is 0 Å². The van der Waals surface area contributed by atoms with E-state index in [1.807, 2.05) is 55.6 Å². The molecule has 0 fully saturated rings. The van der Waals surface area contributed by atoms with Crippen molar-refractivity contribution in [3.63, 3.8) is 0 Å². The van der Waals surface area contributed by atoms with Gasteiger partial charge in [0.05, 0.1) is 5.69 Å². The van der Waals surface area contributed by atoms with Gasteiger partial charge in [-0.3, -0.25) is 4.79 Å². The first-order chi connectivity index (χ1) is 16.5. The number of thiazole rings is 1. The summed E-state index contributed by atoms with van der Waals surface area (Å²) in [7, 11) is 2.04. The van der Waals surface area contributed by atoms with Crippen LogP contribution in [0.15, 0.2) is 78.2 Å². The fourth-order valence-electron chi connectivity index (χ4n) is 3.45. The van der Waals surface area contributed by atoms with Gasteiger partial charge in [-0.05, 0) is 47.4 Å². The molecule has 1 aromatic heterocycles. The Hall–Kier alpha value is -3.35. The highest BCUT2D eigenvalue weighted by atomic mass is 35.5. The molecule has 7 heteroatoms. The van der Waals surface area contributed by atoms with Gasteiger partial charge in [-0.2, -0.15) is 0 Å². The Bertz CT molecular complexity index is 1220. The van der Waals surface area contributed by atoms with Crippen molar-refractivity contribution < 1.29 is 14.6 Å². The molecule has 0 bridgehead atoms. The Morgan fingerprint density at radius 1 is 0.971 bits per heavy atom. The average molecular weight is 493 g/mol. The lowest BCUT2D eigenvalue weighted by molar-refractivity contribution is -0.136. The maximum absolute atomic E-state index is 10.7. The fraction of sp³-hybridized carbons (Fsp3) is 0.185. The molecule has 0 unspecified atom stereocenters. The molecule has 4 rings (SSSR count). The third-order valence-corrected chi connectivity index (χ3v) is 6.56. The normalized spacial score (nSPS) is 10.8. The molecule has 0 saturated heterocycles. The van der Waals surface area contributed by atoms with Gasteiger partial charge >= 0.3 is 5.97 Å². The van der Waals surface area contributed by atoms with Gasteiger partial charge in [0.15, 0.2) is 5.13 Å². The maximum atomic E-state index is 10.7. The number of aromatic nitrogens is 1. The number of halogens is 1. The van der Waals surface area contributed by atoms with Crippen LogP contribution in [0.25, 0.3) is 11.3 Å². The first kappa shape index (κ1) is 23.8. The number of hydrogen-bond donors (Lipinski definition) is 1. The number of carboxylic acids is 1. The first-order valence-electron chi connectivity index (χ1n) is 10.9. The Morgan fingerprint density at radius 3 is 2.29 bits per heavy atom. The second-order valence-corrected chi connectivity index (χ2v) is 9.29. The molecule has 1 N–H and O–H groups in total. The zero-order valence-corrected chi connectivity index (χ0v) is 20.4. The molecule has 34 heavy (non-hydrogen) atoms. The Balaban J connectivity index is 1.29. The molecular weight excluding hydrogens is 468 g/mol. The standard InChI is InChI=1S/C27H25ClN2O3S/c1-30(27-29-25(18-34-27)22-9-11-23(28)12-10-22)16-20-2-4-21(5-3-20)17-33-24-13-6-19(7-14-24)8-15-26(31)32/h2-7,9-14,18H,8,15-17H2,1H3,(H,31,32). The minimum atomic E-state index is -0.788. The molecule has 3 aromatic carbocycles. The van der Waals surface area contributed by atoms with E-state index in [1.165, 1.54) is 5.56 Å². The van der Waals surface area contributed by atoms with E-state index in [9.17, 15) is 4.79 Å². The van der Waals surface area contributed by atoms with Crippen LogP contribution in [0, 0.1) is 0 Å². The number of hydrogen-bond acceptors (Lipinski definition) is 5. The van der Waals surface area contributed by atoms with Crippen molar-refractivity contribution in [2.24, 2.45) is 0 Å². The summed E-state index contributed by atoms with van der Waals surface area (Å²) in [4.78, 5) is 17.6. The van der Waals surface area contributed by atoms with Gasteiger partial charge in [-0.25, -0.2) is 4.98 Å². The van der Waals surface area contributed by atoms with Crippen LogP contribution in [0.2, 0.25) is 5.02 Å². The lowest BCUT2D eigenvalue weighted by Gasteiger charge is -2.16. The van der Waals surface area contributed by atoms with Crippen molar-refractivity contribution in [3.8, 4) is 17.0 Å². The molecule has 0 aliphatic rings. The van der Waals surface area contributed by atoms with Crippen molar-refractivity contribution in [1.29, 1.82) is 0 Å². The predicted octanol–water partition coefficient (Wildman–Crippen LogP) is 6.70. The number of carbonyl (C=O) groups is 1. The van der Waals surface area contributed by atoms with Crippen LogP contribution in [-0.2, 0) is 24.4 Å². The smallest absolute Gasteiger partial charge is 0.303 e. The minimum absolute atomic E-state index is 0.133. The second kappa shape index (κ2) is 11.2. The van der Waals surface area contributed by atoms with Crippen molar-refractivity contribution in [1.82, 2.24) is 4.98 Å². The predicted molar refractivity (Wildman–Crippen MR) is 138 cm³/mol. The molecule has 0 spiro atoms. The van der Waals surface area contributed by atoms with E-state index in [1.54, 1.807) is 11.3 Å². The summed E-state index contributed by atoms with van der Waals surface area (Å²) in [6.07, 6.45) is 0.656. The monoisotopic (exact) mass is 492 g/mol. The summed E-state index contributed by atoms with van der Waals surface area (Å²) < 4.78 is 5.87. The van der Waals surface area contributed by atoms with Crippen molar-refractivity contribution in [2.75, 3.05) is 11.9 Å². The zero-order chi connectivity index (χ0) is 23.9. The zero-order valence-electron chi connectivity index (χ0n) is 18.8. The number of aryl methyl sites for hydroxylation is 1. The Morgan fingerprint density at radius 2 is 1.62 bits per heavy atom. The van der Waals surface area contributed by atoms with E-state index in [0.717, 1.165) is 44.8 Å². The Kier molecular flexibility index (Phi) is 7.83. The molecule has 1 heterocycles. The minimum Gasteiger partial charge on any atom is -0.489 e. The van der Waals surface area contributed by atoms with E-state index in [4.69, 9.17) is 26.4 Å². The fourth-order valence-corrected chi connectivity index (χ4v) is 4.37. The van der Waals surface area contributed by atoms with Gasteiger partial charge in [0.1, 0.15) is 12.4 Å². The van der Waals surface area contributed by atoms with Gasteiger partial charge in [0.25, 0.3) is 0 Å². The summed E-state index contributed by atoms with van der Waals surface area (Å²) in [5, 5.41) is 12.5. The molecule has 4 aromatic rings. The molecule has 0 atom stereocenters. The van der Waals surface area contributed by atoms with E-state index in [2.05, 4.69) is 34.5 Å². The van der Waals surface area contributed by atoms with Crippen LogP contribution in [-0.4, -0.2) is 23.1 Å². The number of rotatable bonds is 10. The molecular formula is C27H25ClN2O3S. The van der Waals surface area contributed by atoms with E-state index >= 15 is 0 Å². The van der Waals surface area contributed by atoms with E-state index in [0.29, 0.717) is 13.0 Å². The third-order valence-electron chi connectivity index (χ3n) is 5.36. The average Bonchev–Trinajstić information content (AvgIpc) is 3.34. The number of nitrogens with zero attached hydrogens (tertiary/aromatic N) is 2. The summed E-state index contributed by atoms with van der Waals surface area (Å²) >= 11 is 7.60. The lowest BCUT2D eigenvalue weighted by Crippen LogP contribution is -2.16. The first-order valence-corrected chi connectivity index (χ1v) is 12.2. The number of ether oxygens (including phenoxy) is 1. The van der Waals surface area contributed by atoms with Crippen molar-refractivity contribution in [2.45, 2.75) is 26.0 Å². The van der Waals surface area contributed by atoms with Crippen LogP contribution < -0.4 is 9.64 Å². The summed E-state index contributed by atoms with van der Waals surface area (Å²) in [5.74, 6) is -0.0209. The molecule has 0 amide bonds. The van der Waals surface area contributed by atoms with Gasteiger partial charge in [0, 0.05) is 36.0 Å². The topological polar surface area (TPSA) is 62.7 Å². The van der Waals surface area contributed by atoms with Crippen LogP contribution in [0.1, 0.15) is 23.1 Å². The van der Waals surface area contributed by atoms with Crippen LogP contribution in [0.5, 0.6) is 5.75 Å². The highest BCUT2D eigenvalue weighted by Gasteiger charge is 2.10. The molecule has 0 saturated carbocycles. The van der Waals surface area contributed by atoms with Crippen LogP contribution >= 0.6 is 22.9 Å². The third kappa shape index (κ3) is 6.59. The van der Waals surface area contributed by atoms with Gasteiger partial charge < -0.3 is 14.7 Å². The molecule has 0 aliphatic carbocycles. The Labute approximate surface area is 208 Å². The number of anilines is 1. The summed E-state index contributed by atoms with van der Waals surface area (Å²) in [6.45, 7) is 1.23. The quantitative estimate of drug-likeness (QED) is 0.267. The van der Waals surface area contributed by atoms with Crippen LogP contribution in [0.4, 0.5) is 5.13 Å². The number of carboxylic acid groups (broad SMARTS) is 1. The van der Waals surface area contributed by atoms with Gasteiger partial charge in [-0.15, -0.1) is 11.3 Å². The number of aliphatic carboxylic acids is 1. The van der Waals surface area contributed by atoms with Crippen molar-refractivity contribution >= 4 is 34.0 Å². The highest BCUT2D eigenvalue weighted by Crippen LogP contribution is 2.28. The molecule has 0 aliphatic heterocycles. The second-order valence-electron chi connectivity index (χ2n) is 8.02. The van der Waals surface area contributed by atoms with E-state index in [-0.39, 0.29) is 6.42 Å². The van der Waals surface area contributed by atoms with E-state index < -0.39 is 5.97 Å². The van der Waals surface area contributed by atoms with Gasteiger partial charge in [-0.1, -0.05) is 60.1 Å². The molecule has 0 radical (unpaired) electrons. The molecule has 174 valence electrons. The lowest BCUT2D eigenvalue weighted by atomic mass is 10.1.